The minimum Gasteiger partial charge on any atom is -0.487 e. The molecule has 0 aliphatic heterocycles. The zero-order chi connectivity index (χ0) is 17.2. The zero-order valence-electron chi connectivity index (χ0n) is 14.0. The summed E-state index contributed by atoms with van der Waals surface area (Å²) in [5.41, 5.74) is 1.70. The number of hydrogen-bond donors (Lipinski definition) is 1. The molecule has 1 N–H and O–H groups in total. The number of fused-ring (bicyclic) bond motifs is 1. The van der Waals surface area contributed by atoms with Crippen LogP contribution in [-0.2, 0) is 9.47 Å². The summed E-state index contributed by atoms with van der Waals surface area (Å²) >= 11 is 0. The maximum absolute atomic E-state index is 5.79. The maximum Gasteiger partial charge on any atom is 0.163 e. The SMILES string of the molecule is C#CCNc1ccnc2cc(OCCOC)c(OCCOC)cc12. The van der Waals surface area contributed by atoms with Crippen LogP contribution in [0.15, 0.2) is 24.4 Å². The molecular weight excluding hydrogens is 308 g/mol. The Morgan fingerprint density at radius 2 is 1.71 bits per heavy atom. The average molecular weight is 330 g/mol. The van der Waals surface area contributed by atoms with Crippen molar-refractivity contribution in [3.05, 3.63) is 24.4 Å². The van der Waals surface area contributed by atoms with E-state index < -0.39 is 0 Å². The van der Waals surface area contributed by atoms with Crippen LogP contribution in [0.25, 0.3) is 10.9 Å². The van der Waals surface area contributed by atoms with Crippen LogP contribution in [0.3, 0.4) is 0 Å². The lowest BCUT2D eigenvalue weighted by atomic mass is 10.1. The van der Waals surface area contributed by atoms with Crippen molar-refractivity contribution in [3.63, 3.8) is 0 Å². The van der Waals surface area contributed by atoms with Crippen LogP contribution in [0.4, 0.5) is 5.69 Å². The Balaban J connectivity index is 2.34. The van der Waals surface area contributed by atoms with Gasteiger partial charge in [0.1, 0.15) is 13.2 Å². The molecule has 128 valence electrons. The van der Waals surface area contributed by atoms with Crippen molar-refractivity contribution in [2.45, 2.75) is 0 Å². The highest BCUT2D eigenvalue weighted by Gasteiger charge is 2.11. The number of terminal acetylenes is 1. The number of hydrogen-bond acceptors (Lipinski definition) is 6. The second-order valence-electron chi connectivity index (χ2n) is 4.91. The van der Waals surface area contributed by atoms with Gasteiger partial charge in [0.05, 0.1) is 25.3 Å². The summed E-state index contributed by atoms with van der Waals surface area (Å²) in [4.78, 5) is 4.39. The third-order valence-electron chi connectivity index (χ3n) is 3.28. The maximum atomic E-state index is 5.79. The topological polar surface area (TPSA) is 61.8 Å². The monoisotopic (exact) mass is 330 g/mol. The number of pyridine rings is 1. The van der Waals surface area contributed by atoms with E-state index in [9.17, 15) is 0 Å². The standard InChI is InChI=1S/C18H22N2O4/c1-4-6-19-15-5-7-20-16-13-18(24-11-9-22-3)17(12-14(15)16)23-10-8-21-2/h1,5,7,12-13H,6,8-11H2,2-3H3,(H,19,20). The highest BCUT2D eigenvalue weighted by atomic mass is 16.5. The molecule has 0 unspecified atom stereocenters. The van der Waals surface area contributed by atoms with Crippen LogP contribution >= 0.6 is 0 Å². The van der Waals surface area contributed by atoms with Gasteiger partial charge in [-0.05, 0) is 12.1 Å². The Hall–Kier alpha value is -2.49. The van der Waals surface area contributed by atoms with E-state index in [2.05, 4.69) is 16.2 Å². The van der Waals surface area contributed by atoms with E-state index in [1.807, 2.05) is 18.2 Å². The predicted octanol–water partition coefficient (Wildman–Crippen LogP) is 2.33. The van der Waals surface area contributed by atoms with E-state index in [0.717, 1.165) is 16.6 Å². The lowest BCUT2D eigenvalue weighted by Crippen LogP contribution is -2.09. The fourth-order valence-corrected chi connectivity index (χ4v) is 2.15. The predicted molar refractivity (Wildman–Crippen MR) is 93.8 cm³/mol. The van der Waals surface area contributed by atoms with Gasteiger partial charge in [-0.1, -0.05) is 5.92 Å². The van der Waals surface area contributed by atoms with Gasteiger partial charge in [0.15, 0.2) is 11.5 Å². The van der Waals surface area contributed by atoms with Gasteiger partial charge in [-0.3, -0.25) is 4.98 Å². The lowest BCUT2D eigenvalue weighted by molar-refractivity contribution is 0.132. The summed E-state index contributed by atoms with van der Waals surface area (Å²) in [5.74, 6) is 3.82. The highest BCUT2D eigenvalue weighted by Crippen LogP contribution is 2.34. The molecule has 0 aliphatic rings. The minimum atomic E-state index is 0.427. The van der Waals surface area contributed by atoms with Gasteiger partial charge < -0.3 is 24.3 Å². The number of aromatic nitrogens is 1. The smallest absolute Gasteiger partial charge is 0.163 e. The van der Waals surface area contributed by atoms with Crippen molar-refractivity contribution in [1.82, 2.24) is 4.98 Å². The van der Waals surface area contributed by atoms with Gasteiger partial charge >= 0.3 is 0 Å². The number of ether oxygens (including phenoxy) is 4. The molecule has 24 heavy (non-hydrogen) atoms. The van der Waals surface area contributed by atoms with Gasteiger partial charge in [-0.25, -0.2) is 0 Å². The largest absolute Gasteiger partial charge is 0.487 e. The van der Waals surface area contributed by atoms with Crippen molar-refractivity contribution in [1.29, 1.82) is 0 Å². The van der Waals surface area contributed by atoms with Gasteiger partial charge in [-0.15, -0.1) is 6.42 Å². The Labute approximate surface area is 142 Å². The molecule has 0 aliphatic carbocycles. The summed E-state index contributed by atoms with van der Waals surface area (Å²) in [6.45, 7) is 2.27. The first-order chi connectivity index (χ1) is 11.8. The van der Waals surface area contributed by atoms with Gasteiger partial charge in [0, 0.05) is 37.6 Å². The van der Waals surface area contributed by atoms with Crippen molar-refractivity contribution < 1.29 is 18.9 Å². The molecule has 0 amide bonds. The van der Waals surface area contributed by atoms with Crippen LogP contribution in [0.5, 0.6) is 11.5 Å². The molecule has 0 radical (unpaired) electrons. The Morgan fingerprint density at radius 3 is 2.33 bits per heavy atom. The number of methoxy groups -OCH3 is 2. The number of benzene rings is 1. The van der Waals surface area contributed by atoms with Crippen LogP contribution < -0.4 is 14.8 Å². The second kappa shape index (κ2) is 9.60. The molecule has 0 saturated carbocycles. The molecule has 0 spiro atoms. The molecule has 6 nitrogen and oxygen atoms in total. The quantitative estimate of drug-likeness (QED) is 0.533. The fourth-order valence-electron chi connectivity index (χ4n) is 2.15. The highest BCUT2D eigenvalue weighted by molar-refractivity contribution is 5.93. The van der Waals surface area contributed by atoms with Crippen LogP contribution in [0.2, 0.25) is 0 Å². The summed E-state index contributed by atoms with van der Waals surface area (Å²) in [6, 6.07) is 5.64. The van der Waals surface area contributed by atoms with E-state index in [1.165, 1.54) is 0 Å². The van der Waals surface area contributed by atoms with Gasteiger partial charge in [0.25, 0.3) is 0 Å². The summed E-state index contributed by atoms with van der Waals surface area (Å²) in [7, 11) is 3.26. The molecule has 0 saturated heterocycles. The van der Waals surface area contributed by atoms with E-state index in [-0.39, 0.29) is 0 Å². The minimum absolute atomic E-state index is 0.427. The zero-order valence-corrected chi connectivity index (χ0v) is 14.0. The molecule has 0 bridgehead atoms. The molecule has 6 heteroatoms. The van der Waals surface area contributed by atoms with E-state index >= 15 is 0 Å². The van der Waals surface area contributed by atoms with Crippen LogP contribution in [0.1, 0.15) is 0 Å². The van der Waals surface area contributed by atoms with Crippen molar-refractivity contribution in [2.75, 3.05) is 52.5 Å². The molecule has 0 atom stereocenters. The Morgan fingerprint density at radius 1 is 1.04 bits per heavy atom. The van der Waals surface area contributed by atoms with Crippen molar-refractivity contribution in [3.8, 4) is 23.8 Å². The van der Waals surface area contributed by atoms with Gasteiger partial charge in [0.2, 0.25) is 0 Å². The first-order valence-corrected chi connectivity index (χ1v) is 7.63. The average Bonchev–Trinajstić information content (AvgIpc) is 2.60. The first-order valence-electron chi connectivity index (χ1n) is 7.63. The second-order valence-corrected chi connectivity index (χ2v) is 4.91. The number of anilines is 1. The molecule has 2 rings (SSSR count). The lowest BCUT2D eigenvalue weighted by Gasteiger charge is -2.15. The Kier molecular flexibility index (Phi) is 7.15. The van der Waals surface area contributed by atoms with Gasteiger partial charge in [-0.2, -0.15) is 0 Å². The molecule has 2 aromatic rings. The normalized spacial score (nSPS) is 10.4. The first kappa shape index (κ1) is 17.9. The van der Waals surface area contributed by atoms with Crippen LogP contribution in [-0.4, -0.2) is 52.2 Å². The third-order valence-corrected chi connectivity index (χ3v) is 3.28. The van der Waals surface area contributed by atoms with E-state index in [1.54, 1.807) is 20.4 Å². The van der Waals surface area contributed by atoms with Crippen LogP contribution in [0, 0.1) is 12.3 Å². The third kappa shape index (κ3) is 4.75. The molecule has 1 aromatic carbocycles. The van der Waals surface area contributed by atoms with Crippen molar-refractivity contribution >= 4 is 16.6 Å². The molecule has 1 heterocycles. The van der Waals surface area contributed by atoms with Crippen molar-refractivity contribution in [2.24, 2.45) is 0 Å². The summed E-state index contributed by atoms with van der Waals surface area (Å²) in [6.07, 6.45) is 7.05. The fraction of sp³-hybridized carbons (Fsp3) is 0.389. The van der Waals surface area contributed by atoms with E-state index in [4.69, 9.17) is 25.4 Å². The Bertz CT molecular complexity index is 697. The number of nitrogens with zero attached hydrogens (tertiary/aromatic N) is 1. The molecule has 0 fully saturated rings. The van der Waals surface area contributed by atoms with E-state index in [0.29, 0.717) is 44.5 Å². The number of rotatable bonds is 10. The number of nitrogens with one attached hydrogen (secondary N) is 1. The summed E-state index contributed by atoms with van der Waals surface area (Å²) in [5, 5.41) is 4.10. The molecular formula is C18H22N2O4. The molecule has 1 aromatic heterocycles. The summed E-state index contributed by atoms with van der Waals surface area (Å²) < 4.78 is 21.6.